The van der Waals surface area contributed by atoms with Crippen molar-refractivity contribution >= 4 is 22.4 Å². The van der Waals surface area contributed by atoms with Crippen molar-refractivity contribution in [3.8, 4) is 0 Å². The van der Waals surface area contributed by atoms with Gasteiger partial charge >= 0.3 is 0 Å². The monoisotopic (exact) mass is 243 g/mol. The molecule has 1 aromatic carbocycles. The molecule has 3 heteroatoms. The lowest BCUT2D eigenvalue weighted by Crippen LogP contribution is -2.32. The fourth-order valence-electron chi connectivity index (χ4n) is 2.17. The van der Waals surface area contributed by atoms with Crippen molar-refractivity contribution in [1.29, 1.82) is 0 Å². The summed E-state index contributed by atoms with van der Waals surface area (Å²) in [5.74, 6) is 1.05. The van der Waals surface area contributed by atoms with Gasteiger partial charge < -0.3 is 10.6 Å². The summed E-state index contributed by atoms with van der Waals surface area (Å²) in [6, 6.07) is 10.5. The molecule has 0 aliphatic carbocycles. The van der Waals surface area contributed by atoms with Gasteiger partial charge in [-0.15, -0.1) is 0 Å². The first-order valence-corrected chi connectivity index (χ1v) is 6.54. The minimum absolute atomic E-state index is 0.462. The molecule has 0 radical (unpaired) electrons. The molecule has 96 valence electrons. The first-order chi connectivity index (χ1) is 8.61. The van der Waals surface area contributed by atoms with Gasteiger partial charge in [-0.25, -0.2) is 4.98 Å². The van der Waals surface area contributed by atoms with Crippen LogP contribution in [-0.4, -0.2) is 17.6 Å². The fraction of sp³-hybridized carbons (Fsp3) is 0.400. The summed E-state index contributed by atoms with van der Waals surface area (Å²) >= 11 is 0. The third-order valence-corrected chi connectivity index (χ3v) is 3.08. The van der Waals surface area contributed by atoms with E-state index in [2.05, 4.69) is 37.8 Å². The van der Waals surface area contributed by atoms with Crippen LogP contribution in [0.3, 0.4) is 0 Å². The Morgan fingerprint density at radius 3 is 2.67 bits per heavy atom. The largest absolute Gasteiger partial charge is 0.399 e. The molecule has 0 amide bonds. The van der Waals surface area contributed by atoms with E-state index in [0.29, 0.717) is 6.04 Å². The van der Waals surface area contributed by atoms with E-state index in [1.807, 2.05) is 18.2 Å². The predicted octanol–water partition coefficient (Wildman–Crippen LogP) is 3.44. The van der Waals surface area contributed by atoms with E-state index in [0.717, 1.165) is 35.4 Å². The second kappa shape index (κ2) is 5.25. The SMILES string of the molecule is CCCN(c1ccc2cc(N)ccc2n1)C(C)C. The summed E-state index contributed by atoms with van der Waals surface area (Å²) in [5.41, 5.74) is 7.57. The highest BCUT2D eigenvalue weighted by Gasteiger charge is 2.11. The van der Waals surface area contributed by atoms with Crippen molar-refractivity contribution in [2.75, 3.05) is 17.2 Å². The number of hydrogen-bond acceptors (Lipinski definition) is 3. The van der Waals surface area contributed by atoms with Crippen molar-refractivity contribution in [3.05, 3.63) is 30.3 Å². The third-order valence-electron chi connectivity index (χ3n) is 3.08. The van der Waals surface area contributed by atoms with Crippen LogP contribution in [0, 0.1) is 0 Å². The van der Waals surface area contributed by atoms with Crippen LogP contribution in [-0.2, 0) is 0 Å². The van der Waals surface area contributed by atoms with Crippen molar-refractivity contribution in [1.82, 2.24) is 4.98 Å². The summed E-state index contributed by atoms with van der Waals surface area (Å²) in [6.07, 6.45) is 1.12. The number of nitrogen functional groups attached to an aromatic ring is 1. The second-order valence-electron chi connectivity index (χ2n) is 4.91. The van der Waals surface area contributed by atoms with Crippen molar-refractivity contribution in [2.45, 2.75) is 33.2 Å². The maximum absolute atomic E-state index is 5.78. The lowest BCUT2D eigenvalue weighted by atomic mass is 10.2. The Labute approximate surface area is 109 Å². The van der Waals surface area contributed by atoms with Crippen molar-refractivity contribution in [3.63, 3.8) is 0 Å². The summed E-state index contributed by atoms with van der Waals surface area (Å²) in [4.78, 5) is 7.06. The number of hydrogen-bond donors (Lipinski definition) is 1. The van der Waals surface area contributed by atoms with Gasteiger partial charge in [-0.1, -0.05) is 6.92 Å². The van der Waals surface area contributed by atoms with E-state index in [1.165, 1.54) is 0 Å². The van der Waals surface area contributed by atoms with Crippen molar-refractivity contribution in [2.24, 2.45) is 0 Å². The van der Waals surface area contributed by atoms with E-state index >= 15 is 0 Å². The van der Waals surface area contributed by atoms with Crippen LogP contribution in [0.4, 0.5) is 11.5 Å². The van der Waals surface area contributed by atoms with Crippen LogP contribution in [0.5, 0.6) is 0 Å². The quantitative estimate of drug-likeness (QED) is 0.836. The van der Waals surface area contributed by atoms with Crippen LogP contribution in [0.15, 0.2) is 30.3 Å². The Morgan fingerprint density at radius 2 is 2.00 bits per heavy atom. The van der Waals surface area contributed by atoms with E-state index in [4.69, 9.17) is 10.7 Å². The van der Waals surface area contributed by atoms with Crippen LogP contribution in [0.2, 0.25) is 0 Å². The highest BCUT2D eigenvalue weighted by atomic mass is 15.2. The Hall–Kier alpha value is -1.77. The highest BCUT2D eigenvalue weighted by molar-refractivity contribution is 5.83. The first kappa shape index (κ1) is 12.7. The Kier molecular flexibility index (Phi) is 3.70. The number of nitrogens with two attached hydrogens (primary N) is 1. The molecule has 0 unspecified atom stereocenters. The van der Waals surface area contributed by atoms with Crippen LogP contribution in [0.25, 0.3) is 10.9 Å². The smallest absolute Gasteiger partial charge is 0.129 e. The first-order valence-electron chi connectivity index (χ1n) is 6.54. The fourth-order valence-corrected chi connectivity index (χ4v) is 2.17. The molecule has 2 N–H and O–H groups in total. The topological polar surface area (TPSA) is 42.1 Å². The van der Waals surface area contributed by atoms with E-state index in [-0.39, 0.29) is 0 Å². The molecule has 0 saturated carbocycles. The zero-order valence-electron chi connectivity index (χ0n) is 11.4. The molecule has 1 heterocycles. The molecule has 2 rings (SSSR count). The molecule has 0 aliphatic heterocycles. The number of pyridine rings is 1. The average Bonchev–Trinajstić information content (AvgIpc) is 2.35. The number of rotatable bonds is 4. The molecule has 0 bridgehead atoms. The number of fused-ring (bicyclic) bond motifs is 1. The van der Waals surface area contributed by atoms with Gasteiger partial charge in [-0.2, -0.15) is 0 Å². The molecule has 0 aliphatic rings. The molecule has 0 spiro atoms. The van der Waals surface area contributed by atoms with Gasteiger partial charge in [0.1, 0.15) is 5.82 Å². The number of aromatic nitrogens is 1. The van der Waals surface area contributed by atoms with E-state index in [1.54, 1.807) is 0 Å². The maximum Gasteiger partial charge on any atom is 0.129 e. The maximum atomic E-state index is 5.78. The summed E-state index contributed by atoms with van der Waals surface area (Å²) < 4.78 is 0. The zero-order chi connectivity index (χ0) is 13.1. The van der Waals surface area contributed by atoms with Gasteiger partial charge in [0.15, 0.2) is 0 Å². The van der Waals surface area contributed by atoms with Crippen LogP contribution < -0.4 is 10.6 Å². The van der Waals surface area contributed by atoms with Gasteiger partial charge in [0, 0.05) is 23.7 Å². The van der Waals surface area contributed by atoms with Gasteiger partial charge in [0.2, 0.25) is 0 Å². The van der Waals surface area contributed by atoms with E-state index in [9.17, 15) is 0 Å². The van der Waals surface area contributed by atoms with E-state index < -0.39 is 0 Å². The minimum Gasteiger partial charge on any atom is -0.399 e. The molecule has 0 atom stereocenters. The lowest BCUT2D eigenvalue weighted by Gasteiger charge is -2.27. The lowest BCUT2D eigenvalue weighted by molar-refractivity contribution is 0.663. The molecular weight excluding hydrogens is 222 g/mol. The Bertz CT molecular complexity index is 534. The summed E-state index contributed by atoms with van der Waals surface area (Å²) in [7, 11) is 0. The van der Waals surface area contributed by atoms with Gasteiger partial charge in [0.05, 0.1) is 5.52 Å². The van der Waals surface area contributed by atoms with Gasteiger partial charge in [0.25, 0.3) is 0 Å². The summed E-state index contributed by atoms with van der Waals surface area (Å²) in [5, 5.41) is 1.10. The minimum atomic E-state index is 0.462. The predicted molar refractivity (Wildman–Crippen MR) is 78.9 cm³/mol. The molecular formula is C15H21N3. The average molecular weight is 243 g/mol. The molecule has 3 nitrogen and oxygen atoms in total. The number of nitrogens with zero attached hydrogens (tertiary/aromatic N) is 2. The van der Waals surface area contributed by atoms with Crippen LogP contribution in [0.1, 0.15) is 27.2 Å². The molecule has 2 aromatic rings. The van der Waals surface area contributed by atoms with Crippen molar-refractivity contribution < 1.29 is 0 Å². The number of benzene rings is 1. The summed E-state index contributed by atoms with van der Waals surface area (Å²) in [6.45, 7) is 7.62. The second-order valence-corrected chi connectivity index (χ2v) is 4.91. The molecule has 0 fully saturated rings. The van der Waals surface area contributed by atoms with Gasteiger partial charge in [-0.3, -0.25) is 0 Å². The zero-order valence-corrected chi connectivity index (χ0v) is 11.4. The van der Waals surface area contributed by atoms with Crippen LogP contribution >= 0.6 is 0 Å². The molecule has 18 heavy (non-hydrogen) atoms. The Morgan fingerprint density at radius 1 is 1.22 bits per heavy atom. The normalized spacial score (nSPS) is 11.1. The third kappa shape index (κ3) is 2.55. The highest BCUT2D eigenvalue weighted by Crippen LogP contribution is 2.21. The molecule has 1 aromatic heterocycles. The standard InChI is InChI=1S/C15H21N3/c1-4-9-18(11(2)3)15-8-5-12-10-13(16)6-7-14(12)17-15/h5-8,10-11H,4,9,16H2,1-3H3. The van der Waals surface area contributed by atoms with Gasteiger partial charge in [-0.05, 0) is 50.6 Å². The number of anilines is 2. The molecule has 0 saturated heterocycles. The Balaban J connectivity index is 2.42.